The number of allylic oxidation sites excluding steroid dienone is 1. The maximum atomic E-state index is 12.8. The second-order valence-corrected chi connectivity index (χ2v) is 9.19. The molecule has 1 amide bonds. The molecule has 0 heterocycles. The molecule has 0 saturated carbocycles. The highest BCUT2D eigenvalue weighted by Crippen LogP contribution is 2.20. The average Bonchev–Trinajstić information content (AvgIpc) is 2.97. The van der Waals surface area contributed by atoms with E-state index >= 15 is 0 Å². The summed E-state index contributed by atoms with van der Waals surface area (Å²) in [6.45, 7) is 1.41. The highest BCUT2D eigenvalue weighted by Gasteiger charge is 2.23. The van der Waals surface area contributed by atoms with E-state index < -0.39 is 18.3 Å². The van der Waals surface area contributed by atoms with E-state index in [9.17, 15) is 19.5 Å². The van der Waals surface area contributed by atoms with Gasteiger partial charge in [-0.05, 0) is 47.8 Å². The minimum absolute atomic E-state index is 0.0149. The van der Waals surface area contributed by atoms with Gasteiger partial charge in [0.25, 0.3) is 0 Å². The maximum Gasteiger partial charge on any atom is 0.220 e. The van der Waals surface area contributed by atoms with E-state index in [1.807, 2.05) is 66.7 Å². The first-order valence-electron chi connectivity index (χ1n) is 12.8. The Bertz CT molecular complexity index is 1290. The van der Waals surface area contributed by atoms with Gasteiger partial charge in [-0.25, -0.2) is 0 Å². The number of Topliss-reactive ketones (excluding diaryl/α,β-unsaturated/α-hetero) is 2. The summed E-state index contributed by atoms with van der Waals surface area (Å²) in [4.78, 5) is 37.5. The predicted octanol–water partition coefficient (Wildman–Crippen LogP) is 5.20. The summed E-state index contributed by atoms with van der Waals surface area (Å²) < 4.78 is 0. The number of aliphatic hydroxyl groups excluding tert-OH is 1. The molecule has 0 spiro atoms. The molecular weight excluding hydrogens is 474 g/mol. The zero-order valence-corrected chi connectivity index (χ0v) is 21.6. The number of benzene rings is 3. The quantitative estimate of drug-likeness (QED) is 0.261. The van der Waals surface area contributed by atoms with E-state index in [1.54, 1.807) is 30.3 Å². The van der Waals surface area contributed by atoms with E-state index in [4.69, 9.17) is 0 Å². The van der Waals surface area contributed by atoms with Crippen molar-refractivity contribution in [2.45, 2.75) is 32.1 Å². The third-order valence-corrected chi connectivity index (χ3v) is 6.34. The molecule has 0 aliphatic heterocycles. The van der Waals surface area contributed by atoms with Crippen LogP contribution in [-0.2, 0) is 9.59 Å². The van der Waals surface area contributed by atoms with E-state index in [0.717, 1.165) is 11.1 Å². The summed E-state index contributed by atoms with van der Waals surface area (Å²) in [6, 6.07) is 26.7. The predicted molar refractivity (Wildman–Crippen MR) is 150 cm³/mol. The Labute approximate surface area is 224 Å². The largest absolute Gasteiger partial charge is 0.389 e. The van der Waals surface area contributed by atoms with Crippen LogP contribution in [0.4, 0.5) is 0 Å². The first-order chi connectivity index (χ1) is 18.5. The molecule has 3 aromatic rings. The standard InChI is InChI=1S/C33H33NO4/c1-25(28-14-6-3-7-15-28)16-21-33(38)34-23-30(32(37)24-35)22-31(36)29-19-17-27(18-20-29)13-9-8-12-26-10-4-2-5-11-26/h2-8,10-12,14-15,17-20,25,30,35H,16,21-24H2,1H3,(H,34,38)/b12-8+/t25-,30-/m0/s1. The van der Waals surface area contributed by atoms with Gasteiger partial charge in [0.05, 0.1) is 0 Å². The number of hydrogen-bond donors (Lipinski definition) is 2. The summed E-state index contributed by atoms with van der Waals surface area (Å²) >= 11 is 0. The molecule has 0 aliphatic carbocycles. The van der Waals surface area contributed by atoms with Crippen LogP contribution in [0.25, 0.3) is 6.08 Å². The molecule has 0 bridgehead atoms. The lowest BCUT2D eigenvalue weighted by Crippen LogP contribution is -2.35. The third-order valence-electron chi connectivity index (χ3n) is 6.34. The lowest BCUT2D eigenvalue weighted by Gasteiger charge is -2.16. The fourth-order valence-electron chi connectivity index (χ4n) is 3.96. The topological polar surface area (TPSA) is 83.5 Å². The van der Waals surface area contributed by atoms with Crippen LogP contribution in [0.1, 0.15) is 59.2 Å². The molecule has 3 aromatic carbocycles. The summed E-state index contributed by atoms with van der Waals surface area (Å²) in [5, 5.41) is 12.1. The van der Waals surface area contributed by atoms with Crippen molar-refractivity contribution < 1.29 is 19.5 Å². The molecule has 2 atom stereocenters. The summed E-state index contributed by atoms with van der Waals surface area (Å²) in [6.07, 6.45) is 4.59. The van der Waals surface area contributed by atoms with Gasteiger partial charge < -0.3 is 10.4 Å². The van der Waals surface area contributed by atoms with Gasteiger partial charge in [-0.2, -0.15) is 0 Å². The maximum absolute atomic E-state index is 12.8. The van der Waals surface area contributed by atoms with E-state index in [-0.39, 0.29) is 30.6 Å². The molecule has 38 heavy (non-hydrogen) atoms. The zero-order valence-electron chi connectivity index (χ0n) is 21.6. The van der Waals surface area contributed by atoms with Crippen molar-refractivity contribution >= 4 is 23.5 Å². The molecule has 0 radical (unpaired) electrons. The van der Waals surface area contributed by atoms with Gasteiger partial charge in [0.15, 0.2) is 11.6 Å². The van der Waals surface area contributed by atoms with E-state index in [2.05, 4.69) is 24.1 Å². The Morgan fingerprint density at radius 1 is 0.921 bits per heavy atom. The van der Waals surface area contributed by atoms with Crippen molar-refractivity contribution in [2.24, 2.45) is 5.92 Å². The van der Waals surface area contributed by atoms with Gasteiger partial charge in [0.2, 0.25) is 5.91 Å². The Kier molecular flexibility index (Phi) is 11.2. The van der Waals surface area contributed by atoms with Crippen LogP contribution in [0.5, 0.6) is 0 Å². The van der Waals surface area contributed by atoms with Crippen LogP contribution in [0.2, 0.25) is 0 Å². The van der Waals surface area contributed by atoms with Crippen LogP contribution in [0, 0.1) is 17.8 Å². The Balaban J connectivity index is 1.50. The monoisotopic (exact) mass is 507 g/mol. The molecule has 0 aromatic heterocycles. The van der Waals surface area contributed by atoms with Crippen molar-refractivity contribution in [3.8, 4) is 11.8 Å². The molecule has 3 rings (SSSR count). The Morgan fingerprint density at radius 2 is 1.58 bits per heavy atom. The first-order valence-corrected chi connectivity index (χ1v) is 12.8. The summed E-state index contributed by atoms with van der Waals surface area (Å²) in [7, 11) is 0. The molecule has 0 aliphatic rings. The number of carbonyl (C=O) groups excluding carboxylic acids is 3. The van der Waals surface area contributed by atoms with E-state index in [0.29, 0.717) is 18.4 Å². The van der Waals surface area contributed by atoms with Crippen molar-refractivity contribution in [1.29, 1.82) is 0 Å². The fourth-order valence-corrected chi connectivity index (χ4v) is 3.96. The zero-order chi connectivity index (χ0) is 27.2. The Hall–Kier alpha value is -4.27. The van der Waals surface area contributed by atoms with Crippen LogP contribution in [0.15, 0.2) is 91.0 Å². The number of ketones is 2. The normalized spacial score (nSPS) is 12.3. The molecule has 2 N–H and O–H groups in total. The van der Waals surface area contributed by atoms with Crippen LogP contribution in [0.3, 0.4) is 0 Å². The minimum Gasteiger partial charge on any atom is -0.389 e. The molecule has 5 nitrogen and oxygen atoms in total. The number of nitrogens with one attached hydrogen (secondary N) is 1. The van der Waals surface area contributed by atoms with Gasteiger partial charge in [-0.3, -0.25) is 14.4 Å². The summed E-state index contributed by atoms with van der Waals surface area (Å²) in [5.74, 6) is 4.57. The number of aliphatic hydroxyl groups is 1. The molecule has 0 unspecified atom stereocenters. The highest BCUT2D eigenvalue weighted by molar-refractivity contribution is 5.99. The van der Waals surface area contributed by atoms with Gasteiger partial charge in [-0.1, -0.05) is 91.6 Å². The van der Waals surface area contributed by atoms with Crippen molar-refractivity contribution in [1.82, 2.24) is 5.32 Å². The molecular formula is C33H33NO4. The van der Waals surface area contributed by atoms with Gasteiger partial charge >= 0.3 is 0 Å². The van der Waals surface area contributed by atoms with Crippen LogP contribution < -0.4 is 5.32 Å². The smallest absolute Gasteiger partial charge is 0.220 e. The average molecular weight is 508 g/mol. The number of rotatable bonds is 12. The Morgan fingerprint density at radius 3 is 2.24 bits per heavy atom. The fraction of sp³-hybridized carbons (Fsp3) is 0.242. The van der Waals surface area contributed by atoms with Gasteiger partial charge in [-0.15, -0.1) is 0 Å². The van der Waals surface area contributed by atoms with E-state index in [1.165, 1.54) is 5.56 Å². The second-order valence-electron chi connectivity index (χ2n) is 9.19. The minimum atomic E-state index is -0.786. The number of carbonyl (C=O) groups is 3. The number of amides is 1. The van der Waals surface area contributed by atoms with Gasteiger partial charge in [0, 0.05) is 36.4 Å². The first kappa shape index (κ1) is 28.3. The van der Waals surface area contributed by atoms with Crippen LogP contribution in [-0.4, -0.2) is 35.7 Å². The lowest BCUT2D eigenvalue weighted by atomic mass is 9.93. The van der Waals surface area contributed by atoms with Crippen molar-refractivity contribution in [2.75, 3.05) is 13.2 Å². The highest BCUT2D eigenvalue weighted by atomic mass is 16.3. The SMILES string of the molecule is C[C@@H](CCC(=O)NC[C@H](CC(=O)c1ccc(C#C/C=C/c2ccccc2)cc1)C(=O)CO)c1ccccc1. The third kappa shape index (κ3) is 9.31. The second kappa shape index (κ2) is 15.1. The van der Waals surface area contributed by atoms with Crippen molar-refractivity contribution in [3.05, 3.63) is 113 Å². The number of hydrogen-bond acceptors (Lipinski definition) is 4. The van der Waals surface area contributed by atoms with Gasteiger partial charge in [0.1, 0.15) is 6.61 Å². The van der Waals surface area contributed by atoms with Crippen LogP contribution >= 0.6 is 0 Å². The molecule has 0 fully saturated rings. The summed E-state index contributed by atoms with van der Waals surface area (Å²) in [5.41, 5.74) is 3.45. The molecule has 194 valence electrons. The molecule has 0 saturated heterocycles. The molecule has 5 heteroatoms. The lowest BCUT2D eigenvalue weighted by molar-refractivity contribution is -0.126. The van der Waals surface area contributed by atoms with Crippen molar-refractivity contribution in [3.63, 3.8) is 0 Å².